The van der Waals surface area contributed by atoms with Crippen molar-refractivity contribution in [1.82, 2.24) is 10.2 Å². The third-order valence-corrected chi connectivity index (χ3v) is 4.89. The van der Waals surface area contributed by atoms with E-state index in [4.69, 9.17) is 21.4 Å². The highest BCUT2D eigenvalue weighted by Gasteiger charge is 2.25. The molecule has 1 aliphatic heterocycles. The monoisotopic (exact) mass is 418 g/mol. The van der Waals surface area contributed by atoms with Gasteiger partial charge in [-0.25, -0.2) is 4.79 Å². The van der Waals surface area contributed by atoms with Gasteiger partial charge in [-0.05, 0) is 50.3 Å². The van der Waals surface area contributed by atoms with E-state index < -0.39 is 0 Å². The van der Waals surface area contributed by atoms with E-state index in [1.807, 2.05) is 17.0 Å². The minimum atomic E-state index is -0.0465. The van der Waals surface area contributed by atoms with E-state index in [-0.39, 0.29) is 18.7 Å². The number of aliphatic hydroxyl groups is 1. The molecule has 0 saturated carbocycles. The molecule has 1 fully saturated rings. The summed E-state index contributed by atoms with van der Waals surface area (Å²) in [4.78, 5) is 14.1. The standard InChI is InChI=1S/C17H24BrClN2O3/c18-13-5-6-16(15(19)12-13)24-11-3-8-20-17(23)21-9-2-1-4-14(21)7-10-22/h5-6,12,14,22H,1-4,7-11H2,(H,20,23). The number of nitrogens with zero attached hydrogens (tertiary/aromatic N) is 1. The molecule has 1 aliphatic rings. The Morgan fingerprint density at radius 2 is 2.29 bits per heavy atom. The predicted octanol–water partition coefficient (Wildman–Crippen LogP) is 3.82. The number of urea groups is 1. The van der Waals surface area contributed by atoms with Crippen LogP contribution in [0.1, 0.15) is 32.1 Å². The van der Waals surface area contributed by atoms with E-state index in [1.54, 1.807) is 6.07 Å². The number of nitrogens with one attached hydrogen (secondary N) is 1. The Labute approximate surface area is 156 Å². The molecule has 2 amide bonds. The molecule has 2 N–H and O–H groups in total. The van der Waals surface area contributed by atoms with Crippen LogP contribution in [0.15, 0.2) is 22.7 Å². The van der Waals surface area contributed by atoms with Gasteiger partial charge in [-0.15, -0.1) is 0 Å². The summed E-state index contributed by atoms with van der Waals surface area (Å²) >= 11 is 9.44. The van der Waals surface area contributed by atoms with Gasteiger partial charge in [0.1, 0.15) is 5.75 Å². The second-order valence-corrected chi connectivity index (χ2v) is 7.19. The maximum absolute atomic E-state index is 12.3. The lowest BCUT2D eigenvalue weighted by molar-refractivity contribution is 0.131. The number of aliphatic hydroxyl groups excluding tert-OH is 1. The number of amides is 2. The Hall–Kier alpha value is -0.980. The van der Waals surface area contributed by atoms with E-state index >= 15 is 0 Å². The highest BCUT2D eigenvalue weighted by atomic mass is 79.9. The van der Waals surface area contributed by atoms with E-state index in [1.165, 1.54) is 0 Å². The summed E-state index contributed by atoms with van der Waals surface area (Å²) in [6.45, 7) is 1.93. The largest absolute Gasteiger partial charge is 0.492 e. The third-order valence-electron chi connectivity index (χ3n) is 4.10. The smallest absolute Gasteiger partial charge is 0.317 e. The Morgan fingerprint density at radius 3 is 3.04 bits per heavy atom. The molecule has 1 aromatic rings. The molecular formula is C17H24BrClN2O3. The number of hydrogen-bond donors (Lipinski definition) is 2. The topological polar surface area (TPSA) is 61.8 Å². The molecule has 1 atom stereocenters. The number of carbonyl (C=O) groups excluding carboxylic acids is 1. The number of ether oxygens (including phenoxy) is 1. The average molecular weight is 420 g/mol. The van der Waals surface area contributed by atoms with Crippen LogP contribution in [0, 0.1) is 0 Å². The van der Waals surface area contributed by atoms with Crippen LogP contribution in [-0.2, 0) is 0 Å². The van der Waals surface area contributed by atoms with Gasteiger partial charge >= 0.3 is 6.03 Å². The zero-order valence-electron chi connectivity index (χ0n) is 13.6. The number of piperidine rings is 1. The van der Waals surface area contributed by atoms with Crippen LogP contribution in [-0.4, -0.2) is 48.4 Å². The fourth-order valence-electron chi connectivity index (χ4n) is 2.86. The number of halogens is 2. The molecule has 0 bridgehead atoms. The zero-order chi connectivity index (χ0) is 17.4. The van der Waals surface area contributed by atoms with Gasteiger partial charge < -0.3 is 20.1 Å². The molecule has 1 aromatic carbocycles. The van der Waals surface area contributed by atoms with E-state index in [0.717, 1.165) is 30.3 Å². The highest BCUT2D eigenvalue weighted by molar-refractivity contribution is 9.10. The maximum Gasteiger partial charge on any atom is 0.317 e. The van der Waals surface area contributed by atoms with E-state index in [2.05, 4.69) is 21.2 Å². The first-order valence-corrected chi connectivity index (χ1v) is 9.52. The molecular weight excluding hydrogens is 396 g/mol. The molecule has 5 nitrogen and oxygen atoms in total. The Balaban J connectivity index is 1.68. The van der Waals surface area contributed by atoms with Crippen LogP contribution in [0.25, 0.3) is 0 Å². The molecule has 2 rings (SSSR count). The highest BCUT2D eigenvalue weighted by Crippen LogP contribution is 2.27. The molecule has 7 heteroatoms. The molecule has 0 radical (unpaired) electrons. The van der Waals surface area contributed by atoms with E-state index in [9.17, 15) is 4.79 Å². The fourth-order valence-corrected chi connectivity index (χ4v) is 3.59. The van der Waals surface area contributed by atoms with Crippen molar-refractivity contribution < 1.29 is 14.6 Å². The van der Waals surface area contributed by atoms with Crippen molar-refractivity contribution in [3.05, 3.63) is 27.7 Å². The molecule has 1 unspecified atom stereocenters. The lowest BCUT2D eigenvalue weighted by atomic mass is 10.0. The van der Waals surface area contributed by atoms with Crippen molar-refractivity contribution in [3.63, 3.8) is 0 Å². The molecule has 24 heavy (non-hydrogen) atoms. The molecule has 0 spiro atoms. The quantitative estimate of drug-likeness (QED) is 0.661. The Bertz CT molecular complexity index is 543. The summed E-state index contributed by atoms with van der Waals surface area (Å²) in [5.41, 5.74) is 0. The van der Waals surface area contributed by atoms with Crippen LogP contribution < -0.4 is 10.1 Å². The molecule has 1 heterocycles. The van der Waals surface area contributed by atoms with E-state index in [0.29, 0.717) is 36.8 Å². The fraction of sp³-hybridized carbons (Fsp3) is 0.588. The summed E-state index contributed by atoms with van der Waals surface area (Å²) in [5.74, 6) is 0.644. The number of rotatable bonds is 7. The summed E-state index contributed by atoms with van der Waals surface area (Å²) in [5, 5.41) is 12.6. The minimum Gasteiger partial charge on any atom is -0.492 e. The second-order valence-electron chi connectivity index (χ2n) is 5.86. The Kier molecular flexibility index (Phi) is 8.15. The first-order chi connectivity index (χ1) is 11.6. The van der Waals surface area contributed by atoms with Crippen LogP contribution in [0.2, 0.25) is 5.02 Å². The first-order valence-electron chi connectivity index (χ1n) is 8.35. The van der Waals surface area contributed by atoms with Crippen LogP contribution in [0.3, 0.4) is 0 Å². The van der Waals surface area contributed by atoms with Gasteiger partial charge in [0.25, 0.3) is 0 Å². The maximum atomic E-state index is 12.3. The van der Waals surface area contributed by atoms with Gasteiger partial charge in [0.2, 0.25) is 0 Å². The van der Waals surface area contributed by atoms with Crippen molar-refractivity contribution in [1.29, 1.82) is 0 Å². The zero-order valence-corrected chi connectivity index (χ0v) is 16.0. The van der Waals surface area contributed by atoms with Gasteiger partial charge in [-0.3, -0.25) is 0 Å². The number of benzene rings is 1. The summed E-state index contributed by atoms with van der Waals surface area (Å²) in [6, 6.07) is 5.59. The molecule has 0 aliphatic carbocycles. The first kappa shape index (κ1) is 19.3. The third kappa shape index (κ3) is 5.83. The summed E-state index contributed by atoms with van der Waals surface area (Å²) < 4.78 is 6.54. The van der Waals surface area contributed by atoms with Crippen molar-refractivity contribution in [2.24, 2.45) is 0 Å². The van der Waals surface area contributed by atoms with Gasteiger partial charge in [-0.1, -0.05) is 27.5 Å². The SMILES string of the molecule is O=C(NCCCOc1ccc(Br)cc1Cl)N1CCCCC1CCO. The lowest BCUT2D eigenvalue weighted by Crippen LogP contribution is -2.49. The lowest BCUT2D eigenvalue weighted by Gasteiger charge is -2.35. The second kappa shape index (κ2) is 10.1. The average Bonchev–Trinajstić information content (AvgIpc) is 2.57. The predicted molar refractivity (Wildman–Crippen MR) is 98.7 cm³/mol. The summed E-state index contributed by atoms with van der Waals surface area (Å²) in [7, 11) is 0. The van der Waals surface area contributed by atoms with Crippen molar-refractivity contribution in [2.75, 3.05) is 26.3 Å². The summed E-state index contributed by atoms with van der Waals surface area (Å²) in [6.07, 6.45) is 4.48. The number of hydrogen-bond acceptors (Lipinski definition) is 3. The molecule has 1 saturated heterocycles. The number of carbonyl (C=O) groups is 1. The van der Waals surface area contributed by atoms with Crippen molar-refractivity contribution in [2.45, 2.75) is 38.1 Å². The van der Waals surface area contributed by atoms with Gasteiger partial charge in [0.15, 0.2) is 0 Å². The molecule has 0 aromatic heterocycles. The minimum absolute atomic E-state index is 0.0465. The van der Waals surface area contributed by atoms with Gasteiger partial charge in [-0.2, -0.15) is 0 Å². The number of likely N-dealkylation sites (tertiary alicyclic amines) is 1. The normalized spacial score (nSPS) is 17.6. The van der Waals surface area contributed by atoms with Crippen LogP contribution in [0.4, 0.5) is 4.79 Å². The van der Waals surface area contributed by atoms with Gasteiger partial charge in [0, 0.05) is 30.2 Å². The van der Waals surface area contributed by atoms with Crippen LogP contribution in [0.5, 0.6) is 5.75 Å². The van der Waals surface area contributed by atoms with Crippen molar-refractivity contribution in [3.8, 4) is 5.75 Å². The Morgan fingerprint density at radius 1 is 1.46 bits per heavy atom. The van der Waals surface area contributed by atoms with Gasteiger partial charge in [0.05, 0.1) is 11.6 Å². The molecule has 134 valence electrons. The van der Waals surface area contributed by atoms with Crippen LogP contribution >= 0.6 is 27.5 Å². The van der Waals surface area contributed by atoms with Crippen molar-refractivity contribution >= 4 is 33.6 Å².